The van der Waals surface area contributed by atoms with Crippen LogP contribution in [-0.2, 0) is 16.0 Å². The molecule has 4 rings (SSSR count). The number of amides is 2. The molecule has 152 valence electrons. The van der Waals surface area contributed by atoms with Crippen LogP contribution >= 0.6 is 24.0 Å². The van der Waals surface area contributed by atoms with Crippen molar-refractivity contribution in [2.24, 2.45) is 0 Å². The van der Waals surface area contributed by atoms with Crippen LogP contribution in [0.2, 0.25) is 0 Å². The predicted octanol–water partition coefficient (Wildman–Crippen LogP) is 3.87. The second kappa shape index (κ2) is 8.81. The maximum Gasteiger partial charge on any atom is 0.266 e. The van der Waals surface area contributed by atoms with Crippen LogP contribution in [0.15, 0.2) is 59.6 Å². The van der Waals surface area contributed by atoms with Crippen molar-refractivity contribution in [3.05, 3.63) is 76.6 Å². The maximum absolute atomic E-state index is 13.8. The number of benzene rings is 2. The smallest absolute Gasteiger partial charge is 0.266 e. The Bertz CT molecular complexity index is 1170. The molecule has 0 saturated carbocycles. The molecule has 2 N–H and O–H groups in total. The Morgan fingerprint density at radius 3 is 2.80 bits per heavy atom. The molecule has 0 radical (unpaired) electrons. The van der Waals surface area contributed by atoms with E-state index in [4.69, 9.17) is 12.2 Å². The first-order valence-electron chi connectivity index (χ1n) is 9.34. The highest BCUT2D eigenvalue weighted by Crippen LogP contribution is 2.32. The summed E-state index contributed by atoms with van der Waals surface area (Å²) >= 11 is 6.31. The molecule has 1 fully saturated rings. The molecule has 5 nitrogen and oxygen atoms in total. The molecule has 3 aromatic rings. The van der Waals surface area contributed by atoms with Gasteiger partial charge in [-0.1, -0.05) is 60.4 Å². The van der Waals surface area contributed by atoms with E-state index in [-0.39, 0.29) is 22.7 Å². The van der Waals surface area contributed by atoms with E-state index in [1.165, 1.54) is 17.0 Å². The van der Waals surface area contributed by atoms with Gasteiger partial charge in [0, 0.05) is 29.2 Å². The van der Waals surface area contributed by atoms with Crippen molar-refractivity contribution in [1.29, 1.82) is 0 Å². The molecular weight excluding hydrogens is 421 g/mol. The monoisotopic (exact) mass is 439 g/mol. The average molecular weight is 440 g/mol. The predicted molar refractivity (Wildman–Crippen MR) is 121 cm³/mol. The number of rotatable bonds is 6. The highest BCUT2D eigenvalue weighted by atomic mass is 32.2. The van der Waals surface area contributed by atoms with Gasteiger partial charge in [-0.2, -0.15) is 0 Å². The third-order valence-electron chi connectivity index (χ3n) is 4.76. The van der Waals surface area contributed by atoms with E-state index in [2.05, 4.69) is 10.3 Å². The van der Waals surface area contributed by atoms with Crippen molar-refractivity contribution in [3.8, 4) is 0 Å². The van der Waals surface area contributed by atoms with Gasteiger partial charge in [0.15, 0.2) is 0 Å². The highest BCUT2D eigenvalue weighted by molar-refractivity contribution is 8.26. The van der Waals surface area contributed by atoms with E-state index in [1.807, 2.05) is 30.5 Å². The average Bonchev–Trinajstić information content (AvgIpc) is 3.26. The lowest BCUT2D eigenvalue weighted by Crippen LogP contribution is -2.40. The van der Waals surface area contributed by atoms with Gasteiger partial charge in [0.05, 0.1) is 4.91 Å². The fourth-order valence-corrected chi connectivity index (χ4v) is 4.49. The minimum Gasteiger partial charge on any atom is -0.361 e. The number of thioether (sulfide) groups is 1. The zero-order valence-electron chi connectivity index (χ0n) is 15.9. The van der Waals surface area contributed by atoms with Gasteiger partial charge in [-0.3, -0.25) is 14.5 Å². The van der Waals surface area contributed by atoms with Gasteiger partial charge in [0.1, 0.15) is 16.7 Å². The molecule has 8 heteroatoms. The largest absolute Gasteiger partial charge is 0.361 e. The Morgan fingerprint density at radius 1 is 1.20 bits per heavy atom. The standard InChI is InChI=1S/C22H18FN3O2S2/c23-17-7-3-1-5-14(17)11-19-21(28)26(22(29)30-19)13-20(27)24-10-9-15-12-25-18-8-4-2-6-16(15)18/h1-8,11-12,25H,9-10,13H2,(H,24,27)/b19-11+. The highest BCUT2D eigenvalue weighted by Gasteiger charge is 2.33. The molecule has 2 heterocycles. The number of hydrogen-bond donors (Lipinski definition) is 2. The number of para-hydroxylation sites is 1. The van der Waals surface area contributed by atoms with Gasteiger partial charge in [0.25, 0.3) is 5.91 Å². The second-order valence-corrected chi connectivity index (χ2v) is 8.42. The molecule has 2 aromatic carbocycles. The third-order valence-corrected chi connectivity index (χ3v) is 6.14. The van der Waals surface area contributed by atoms with E-state index < -0.39 is 5.82 Å². The lowest BCUT2D eigenvalue weighted by atomic mass is 10.1. The van der Waals surface area contributed by atoms with Crippen LogP contribution in [0.4, 0.5) is 4.39 Å². The number of nitrogens with one attached hydrogen (secondary N) is 2. The number of fused-ring (bicyclic) bond motifs is 1. The minimum absolute atomic E-state index is 0.160. The number of aromatic nitrogens is 1. The Hall–Kier alpha value is -2.97. The van der Waals surface area contributed by atoms with Gasteiger partial charge in [-0.15, -0.1) is 0 Å². The molecule has 1 aliphatic heterocycles. The summed E-state index contributed by atoms with van der Waals surface area (Å²) in [4.78, 5) is 29.7. The first-order chi connectivity index (χ1) is 14.5. The number of nitrogens with zero attached hydrogens (tertiary/aromatic N) is 1. The summed E-state index contributed by atoms with van der Waals surface area (Å²) < 4.78 is 14.1. The number of carbonyl (C=O) groups excluding carboxylic acids is 2. The molecule has 2 amide bonds. The zero-order valence-corrected chi connectivity index (χ0v) is 17.5. The SMILES string of the molecule is O=C(CN1C(=O)/C(=C\c2ccccc2F)SC1=S)NCCc1c[nH]c2ccccc12. The lowest BCUT2D eigenvalue weighted by Gasteiger charge is -2.14. The minimum atomic E-state index is -0.419. The van der Waals surface area contributed by atoms with Gasteiger partial charge < -0.3 is 10.3 Å². The van der Waals surface area contributed by atoms with Crippen molar-refractivity contribution < 1.29 is 14.0 Å². The molecule has 1 aromatic heterocycles. The number of aromatic amines is 1. The summed E-state index contributed by atoms with van der Waals surface area (Å²) in [6, 6.07) is 14.2. The fraction of sp³-hybridized carbons (Fsp3) is 0.136. The molecular formula is C22H18FN3O2S2. The van der Waals surface area contributed by atoms with Gasteiger partial charge in [-0.25, -0.2) is 4.39 Å². The van der Waals surface area contributed by atoms with Crippen LogP contribution in [0.3, 0.4) is 0 Å². The number of H-pyrrole nitrogens is 1. The van der Waals surface area contributed by atoms with Crippen LogP contribution in [0.25, 0.3) is 17.0 Å². The lowest BCUT2D eigenvalue weighted by molar-refractivity contribution is -0.128. The second-order valence-electron chi connectivity index (χ2n) is 6.75. The Labute approximate surface area is 182 Å². The van der Waals surface area contributed by atoms with Crippen molar-refractivity contribution in [2.75, 3.05) is 13.1 Å². The zero-order chi connectivity index (χ0) is 21.1. The normalized spacial score (nSPS) is 15.4. The number of carbonyl (C=O) groups is 2. The quantitative estimate of drug-likeness (QED) is 0.452. The first-order valence-corrected chi connectivity index (χ1v) is 10.6. The van der Waals surface area contributed by atoms with Crippen molar-refractivity contribution in [1.82, 2.24) is 15.2 Å². The van der Waals surface area contributed by atoms with E-state index >= 15 is 0 Å². The van der Waals surface area contributed by atoms with Crippen LogP contribution in [0.1, 0.15) is 11.1 Å². The van der Waals surface area contributed by atoms with E-state index in [0.29, 0.717) is 23.4 Å². The first kappa shape index (κ1) is 20.3. The molecule has 1 saturated heterocycles. The van der Waals surface area contributed by atoms with Crippen LogP contribution < -0.4 is 5.32 Å². The van der Waals surface area contributed by atoms with E-state index in [0.717, 1.165) is 28.2 Å². The van der Waals surface area contributed by atoms with Crippen molar-refractivity contribution in [2.45, 2.75) is 6.42 Å². The van der Waals surface area contributed by atoms with Gasteiger partial charge in [0.2, 0.25) is 5.91 Å². The van der Waals surface area contributed by atoms with Crippen molar-refractivity contribution >= 4 is 57.1 Å². The summed E-state index contributed by atoms with van der Waals surface area (Å²) in [5.41, 5.74) is 2.48. The number of thiocarbonyl (C=S) groups is 1. The molecule has 0 aliphatic carbocycles. The molecule has 30 heavy (non-hydrogen) atoms. The topological polar surface area (TPSA) is 65.2 Å². The van der Waals surface area contributed by atoms with Gasteiger partial charge in [-0.05, 0) is 30.2 Å². The number of hydrogen-bond acceptors (Lipinski definition) is 4. The Morgan fingerprint density at radius 2 is 1.97 bits per heavy atom. The molecule has 1 aliphatic rings. The fourth-order valence-electron chi connectivity index (χ4n) is 3.24. The summed E-state index contributed by atoms with van der Waals surface area (Å²) in [6.45, 7) is 0.285. The maximum atomic E-state index is 13.8. The molecule has 0 spiro atoms. The summed E-state index contributed by atoms with van der Waals surface area (Å²) in [6.07, 6.45) is 4.07. The number of halogens is 1. The van der Waals surface area contributed by atoms with Gasteiger partial charge >= 0.3 is 0 Å². The molecule has 0 unspecified atom stereocenters. The summed E-state index contributed by atoms with van der Waals surface area (Å²) in [5.74, 6) is -1.10. The van der Waals surface area contributed by atoms with Crippen LogP contribution in [-0.4, -0.2) is 39.1 Å². The Kier molecular flexibility index (Phi) is 5.96. The van der Waals surface area contributed by atoms with Crippen LogP contribution in [0, 0.1) is 5.82 Å². The van der Waals surface area contributed by atoms with E-state index in [1.54, 1.807) is 18.2 Å². The molecule has 0 atom stereocenters. The summed E-state index contributed by atoms with van der Waals surface area (Å²) in [5, 5.41) is 3.96. The van der Waals surface area contributed by atoms with E-state index in [9.17, 15) is 14.0 Å². The summed E-state index contributed by atoms with van der Waals surface area (Å²) in [7, 11) is 0. The molecule has 0 bridgehead atoms. The Balaban J connectivity index is 1.34. The third kappa shape index (κ3) is 4.29. The van der Waals surface area contributed by atoms with Crippen LogP contribution in [0.5, 0.6) is 0 Å². The van der Waals surface area contributed by atoms with Crippen molar-refractivity contribution in [3.63, 3.8) is 0 Å².